The molecule has 4 rings (SSSR count). The average Bonchev–Trinajstić information content (AvgIpc) is 2.81. The molecule has 1 aromatic carbocycles. The van der Waals surface area contributed by atoms with E-state index in [9.17, 15) is 13.0 Å². The highest BCUT2D eigenvalue weighted by molar-refractivity contribution is 7.85. The first-order valence-electron chi connectivity index (χ1n) is 9.38. The van der Waals surface area contributed by atoms with E-state index in [4.69, 9.17) is 4.99 Å². The SMILES string of the molecule is CC1CCC2=c3ccccc3=NC(CS(=O)(=O)O)C3=CC=CCC32CC1. The fourth-order valence-electron chi connectivity index (χ4n) is 4.91. The number of rotatable bonds is 2. The lowest BCUT2D eigenvalue weighted by atomic mass is 9.64. The van der Waals surface area contributed by atoms with Crippen LogP contribution in [0.4, 0.5) is 0 Å². The Morgan fingerprint density at radius 3 is 2.88 bits per heavy atom. The zero-order chi connectivity index (χ0) is 18.4. The minimum atomic E-state index is -4.12. The number of allylic oxidation sites excluding steroid dienone is 3. The zero-order valence-electron chi connectivity index (χ0n) is 15.1. The predicted octanol–water partition coefficient (Wildman–Crippen LogP) is 2.81. The Morgan fingerprint density at radius 1 is 1.27 bits per heavy atom. The predicted molar refractivity (Wildman–Crippen MR) is 103 cm³/mol. The Bertz CT molecular complexity index is 1010. The number of para-hydroxylation sites is 1. The highest BCUT2D eigenvalue weighted by Gasteiger charge is 2.44. The molecule has 0 amide bonds. The highest BCUT2D eigenvalue weighted by atomic mass is 32.2. The van der Waals surface area contributed by atoms with Crippen LogP contribution in [0.25, 0.3) is 5.57 Å². The van der Waals surface area contributed by atoms with Gasteiger partial charge >= 0.3 is 0 Å². The molecule has 1 aliphatic heterocycles. The molecule has 4 nitrogen and oxygen atoms in total. The van der Waals surface area contributed by atoms with Crippen molar-refractivity contribution in [2.45, 2.75) is 45.1 Å². The fourth-order valence-corrected chi connectivity index (χ4v) is 5.56. The third kappa shape index (κ3) is 3.08. The molecule has 3 atom stereocenters. The molecule has 26 heavy (non-hydrogen) atoms. The summed E-state index contributed by atoms with van der Waals surface area (Å²) in [5, 5.41) is 2.00. The van der Waals surface area contributed by atoms with Crippen LogP contribution in [0.5, 0.6) is 0 Å². The Balaban J connectivity index is 2.04. The van der Waals surface area contributed by atoms with Crippen LogP contribution in [0.2, 0.25) is 0 Å². The molecular formula is C21H25NO3S. The van der Waals surface area contributed by atoms with Crippen LogP contribution < -0.4 is 10.6 Å². The molecule has 5 heteroatoms. The minimum Gasteiger partial charge on any atom is -0.285 e. The first-order chi connectivity index (χ1) is 12.4. The largest absolute Gasteiger partial charge is 0.285 e. The average molecular weight is 372 g/mol. The van der Waals surface area contributed by atoms with Crippen LogP contribution in [0.1, 0.15) is 39.0 Å². The number of hydrogen-bond donors (Lipinski definition) is 1. The molecule has 1 fully saturated rings. The van der Waals surface area contributed by atoms with Crippen molar-refractivity contribution in [1.29, 1.82) is 0 Å². The normalized spacial score (nSPS) is 30.8. The Kier molecular flexibility index (Phi) is 4.40. The van der Waals surface area contributed by atoms with E-state index in [1.807, 2.05) is 30.4 Å². The van der Waals surface area contributed by atoms with Crippen molar-refractivity contribution in [3.63, 3.8) is 0 Å². The lowest BCUT2D eigenvalue weighted by Crippen LogP contribution is -2.35. The number of benzene rings is 1. The standard InChI is InChI=1S/C21H25NO3S/c1-15-9-10-17-16-6-2-3-8-19(16)22-20(14-26(23,24)25)18-7-4-5-12-21(17,18)13-11-15/h2-8,15,20H,9-14H2,1H3,(H,23,24,25). The van der Waals surface area contributed by atoms with Gasteiger partial charge in [0, 0.05) is 5.41 Å². The van der Waals surface area contributed by atoms with Gasteiger partial charge in [-0.25, -0.2) is 0 Å². The second kappa shape index (κ2) is 6.46. The summed E-state index contributed by atoms with van der Waals surface area (Å²) in [6.07, 6.45) is 11.4. The molecule has 2 aliphatic carbocycles. The molecule has 1 saturated carbocycles. The molecular weight excluding hydrogens is 346 g/mol. The summed E-state index contributed by atoms with van der Waals surface area (Å²) in [5.41, 5.74) is 2.28. The highest BCUT2D eigenvalue weighted by Crippen LogP contribution is 2.52. The van der Waals surface area contributed by atoms with Gasteiger partial charge in [0.15, 0.2) is 0 Å². The van der Waals surface area contributed by atoms with Crippen LogP contribution in [0.3, 0.4) is 0 Å². The van der Waals surface area contributed by atoms with Gasteiger partial charge in [-0.1, -0.05) is 48.9 Å². The number of fused-ring (bicyclic) bond motifs is 1. The third-order valence-electron chi connectivity index (χ3n) is 6.21. The van der Waals surface area contributed by atoms with Crippen molar-refractivity contribution in [3.05, 3.63) is 58.6 Å². The van der Waals surface area contributed by atoms with Crippen molar-refractivity contribution in [3.8, 4) is 0 Å². The van der Waals surface area contributed by atoms with Crippen molar-refractivity contribution in [2.75, 3.05) is 5.75 Å². The van der Waals surface area contributed by atoms with E-state index in [1.165, 1.54) is 5.57 Å². The van der Waals surface area contributed by atoms with Gasteiger partial charge in [0.05, 0.1) is 11.4 Å². The summed E-state index contributed by atoms with van der Waals surface area (Å²) in [6, 6.07) is 7.53. The van der Waals surface area contributed by atoms with Crippen LogP contribution in [0, 0.1) is 11.3 Å². The second-order valence-electron chi connectivity index (χ2n) is 7.91. The van der Waals surface area contributed by atoms with Gasteiger partial charge in [0.25, 0.3) is 10.1 Å². The summed E-state index contributed by atoms with van der Waals surface area (Å²) in [5.74, 6) is 0.297. The summed E-state index contributed by atoms with van der Waals surface area (Å²) in [6.45, 7) is 2.30. The fraction of sp³-hybridized carbons (Fsp3) is 0.476. The van der Waals surface area contributed by atoms with Crippen molar-refractivity contribution in [1.82, 2.24) is 0 Å². The second-order valence-corrected chi connectivity index (χ2v) is 9.41. The lowest BCUT2D eigenvalue weighted by molar-refractivity contribution is 0.380. The van der Waals surface area contributed by atoms with Crippen molar-refractivity contribution in [2.24, 2.45) is 16.3 Å². The summed E-state index contributed by atoms with van der Waals surface area (Å²) < 4.78 is 33.0. The van der Waals surface area contributed by atoms with Gasteiger partial charge in [0.1, 0.15) is 5.75 Å². The van der Waals surface area contributed by atoms with E-state index >= 15 is 0 Å². The van der Waals surface area contributed by atoms with Gasteiger partial charge in [-0.05, 0) is 54.9 Å². The molecule has 138 valence electrons. The Hall–Kier alpha value is -1.72. The third-order valence-corrected chi connectivity index (χ3v) is 6.95. The van der Waals surface area contributed by atoms with Gasteiger partial charge in [-0.15, -0.1) is 0 Å². The smallest absolute Gasteiger partial charge is 0.267 e. The van der Waals surface area contributed by atoms with Gasteiger partial charge in [0.2, 0.25) is 0 Å². The maximum Gasteiger partial charge on any atom is 0.267 e. The van der Waals surface area contributed by atoms with E-state index in [0.29, 0.717) is 5.92 Å². The maximum atomic E-state index is 11.7. The summed E-state index contributed by atoms with van der Waals surface area (Å²) >= 11 is 0. The van der Waals surface area contributed by atoms with E-state index in [-0.39, 0.29) is 11.2 Å². The van der Waals surface area contributed by atoms with Crippen LogP contribution in [-0.4, -0.2) is 24.8 Å². The molecule has 0 saturated heterocycles. The molecule has 0 bridgehead atoms. The zero-order valence-corrected chi connectivity index (χ0v) is 15.9. The van der Waals surface area contributed by atoms with E-state index in [0.717, 1.165) is 48.3 Å². The minimum absolute atomic E-state index is 0.176. The van der Waals surface area contributed by atoms with Crippen molar-refractivity contribution >= 4 is 15.7 Å². The monoisotopic (exact) mass is 371 g/mol. The Labute approximate surface area is 154 Å². The summed E-state index contributed by atoms with van der Waals surface area (Å²) in [7, 11) is -4.12. The number of nitrogens with zero attached hydrogens (tertiary/aromatic N) is 1. The molecule has 1 heterocycles. The lowest BCUT2D eigenvalue weighted by Gasteiger charge is -2.40. The van der Waals surface area contributed by atoms with Crippen molar-refractivity contribution < 1.29 is 13.0 Å². The van der Waals surface area contributed by atoms with Crippen LogP contribution >= 0.6 is 0 Å². The quantitative estimate of drug-likeness (QED) is 0.813. The van der Waals surface area contributed by atoms with E-state index in [1.54, 1.807) is 0 Å². The van der Waals surface area contributed by atoms with E-state index < -0.39 is 16.2 Å². The molecule has 3 unspecified atom stereocenters. The van der Waals surface area contributed by atoms with Crippen LogP contribution in [0.15, 0.2) is 53.1 Å². The van der Waals surface area contributed by atoms with Gasteiger partial charge in [-0.2, -0.15) is 8.42 Å². The first kappa shape index (κ1) is 17.7. The molecule has 0 aromatic heterocycles. The van der Waals surface area contributed by atoms with Gasteiger partial charge < -0.3 is 0 Å². The molecule has 1 N–H and O–H groups in total. The number of hydrogen-bond acceptors (Lipinski definition) is 3. The topological polar surface area (TPSA) is 66.7 Å². The molecule has 1 aromatic rings. The first-order valence-corrected chi connectivity index (χ1v) is 11.0. The maximum absolute atomic E-state index is 11.7. The molecule has 3 aliphatic rings. The van der Waals surface area contributed by atoms with E-state index in [2.05, 4.69) is 19.1 Å². The van der Waals surface area contributed by atoms with Crippen LogP contribution in [-0.2, 0) is 10.1 Å². The molecule has 0 radical (unpaired) electrons. The Morgan fingerprint density at radius 2 is 2.08 bits per heavy atom. The van der Waals surface area contributed by atoms with Gasteiger partial charge in [-0.3, -0.25) is 9.55 Å². The molecule has 1 spiro atoms. The summed E-state index contributed by atoms with van der Waals surface area (Å²) in [4.78, 5) is 4.82.